The van der Waals surface area contributed by atoms with E-state index in [4.69, 9.17) is 11.6 Å². The van der Waals surface area contributed by atoms with Gasteiger partial charge < -0.3 is 10.2 Å². The molecule has 0 saturated heterocycles. The van der Waals surface area contributed by atoms with Gasteiger partial charge in [0.15, 0.2) is 0 Å². The molecule has 0 aliphatic rings. The minimum Gasteiger partial charge on any atom is -0.352 e. The number of carbonyl (C=O) groups excluding carboxylic acids is 2. The number of sulfonamides is 1. The van der Waals surface area contributed by atoms with Crippen LogP contribution in [0, 0.1) is 10.1 Å². The Bertz CT molecular complexity index is 1470. The molecular weight excluding hydrogens is 568 g/mol. The van der Waals surface area contributed by atoms with Crippen LogP contribution in [0.5, 0.6) is 0 Å². The number of hydrogen-bond donors (Lipinski definition) is 1. The summed E-state index contributed by atoms with van der Waals surface area (Å²) in [6.07, 6.45) is 0.950. The number of carbonyl (C=O) groups is 2. The predicted molar refractivity (Wildman–Crippen MR) is 158 cm³/mol. The minimum absolute atomic E-state index is 0.0373. The molecule has 10 nitrogen and oxygen atoms in total. The molecule has 0 heterocycles. The molecule has 0 aliphatic heterocycles. The number of nitro groups is 1. The first kappa shape index (κ1) is 31.6. The van der Waals surface area contributed by atoms with Gasteiger partial charge in [0.05, 0.1) is 15.5 Å². The number of anilines is 1. The maximum Gasteiger partial charge on any atom is 0.269 e. The Balaban J connectivity index is 2.08. The zero-order valence-electron chi connectivity index (χ0n) is 23.1. The molecule has 1 N–H and O–H groups in total. The van der Waals surface area contributed by atoms with Gasteiger partial charge in [-0.05, 0) is 55.7 Å². The number of rotatable bonds is 13. The first-order valence-corrected chi connectivity index (χ1v) is 15.0. The van der Waals surface area contributed by atoms with Crippen molar-refractivity contribution < 1.29 is 22.9 Å². The lowest BCUT2D eigenvalue weighted by molar-refractivity contribution is -0.384. The number of halogens is 1. The second-order valence-corrected chi connectivity index (χ2v) is 11.7. The highest BCUT2D eigenvalue weighted by atomic mass is 35.5. The van der Waals surface area contributed by atoms with E-state index in [0.717, 1.165) is 4.31 Å². The van der Waals surface area contributed by atoms with E-state index in [-0.39, 0.29) is 41.2 Å². The maximum atomic E-state index is 14.0. The fraction of sp³-hybridized carbons (Fsp3) is 0.310. The van der Waals surface area contributed by atoms with Crippen LogP contribution in [0.25, 0.3) is 0 Å². The van der Waals surface area contributed by atoms with Crippen molar-refractivity contribution in [3.63, 3.8) is 0 Å². The molecule has 0 aliphatic carbocycles. The van der Waals surface area contributed by atoms with Gasteiger partial charge in [-0.3, -0.25) is 24.0 Å². The van der Waals surface area contributed by atoms with Crippen LogP contribution in [0.15, 0.2) is 83.8 Å². The van der Waals surface area contributed by atoms with E-state index in [9.17, 15) is 28.1 Å². The Morgan fingerprint density at radius 3 is 2.12 bits per heavy atom. The van der Waals surface area contributed by atoms with Crippen molar-refractivity contribution in [2.75, 3.05) is 10.8 Å². The highest BCUT2D eigenvalue weighted by Crippen LogP contribution is 2.27. The quantitative estimate of drug-likeness (QED) is 0.213. The summed E-state index contributed by atoms with van der Waals surface area (Å²) in [5, 5.41) is 14.5. The fourth-order valence-electron chi connectivity index (χ4n) is 4.16. The second-order valence-electron chi connectivity index (χ2n) is 9.45. The number of nitrogens with one attached hydrogen (secondary N) is 1. The first-order valence-electron chi connectivity index (χ1n) is 13.1. The van der Waals surface area contributed by atoms with Crippen LogP contribution in [-0.2, 0) is 26.2 Å². The molecule has 218 valence electrons. The molecule has 0 bridgehead atoms. The van der Waals surface area contributed by atoms with Crippen molar-refractivity contribution in [1.82, 2.24) is 10.2 Å². The van der Waals surface area contributed by atoms with Crippen molar-refractivity contribution in [2.24, 2.45) is 0 Å². The average molecular weight is 601 g/mol. The molecule has 0 fully saturated rings. The van der Waals surface area contributed by atoms with Crippen molar-refractivity contribution in [1.29, 1.82) is 0 Å². The van der Waals surface area contributed by atoms with Crippen LogP contribution >= 0.6 is 11.6 Å². The van der Waals surface area contributed by atoms with Gasteiger partial charge in [-0.2, -0.15) is 0 Å². The van der Waals surface area contributed by atoms with Crippen LogP contribution in [0.3, 0.4) is 0 Å². The Labute approximate surface area is 245 Å². The van der Waals surface area contributed by atoms with Crippen LogP contribution < -0.4 is 9.62 Å². The third-order valence-electron chi connectivity index (χ3n) is 6.64. The van der Waals surface area contributed by atoms with E-state index in [1.165, 1.54) is 41.3 Å². The van der Waals surface area contributed by atoms with E-state index in [0.29, 0.717) is 17.0 Å². The second kappa shape index (κ2) is 14.1. The van der Waals surface area contributed by atoms with Crippen molar-refractivity contribution in [2.45, 2.75) is 57.1 Å². The van der Waals surface area contributed by atoms with Gasteiger partial charge in [-0.25, -0.2) is 8.42 Å². The first-order chi connectivity index (χ1) is 19.5. The van der Waals surface area contributed by atoms with Crippen molar-refractivity contribution in [3.8, 4) is 0 Å². The Morgan fingerprint density at radius 2 is 1.56 bits per heavy atom. The van der Waals surface area contributed by atoms with Gasteiger partial charge in [0, 0.05) is 29.7 Å². The van der Waals surface area contributed by atoms with Gasteiger partial charge >= 0.3 is 0 Å². The van der Waals surface area contributed by atoms with Crippen LogP contribution in [-0.4, -0.2) is 48.7 Å². The number of non-ortho nitro benzene ring substituents is 1. The summed E-state index contributed by atoms with van der Waals surface area (Å²) in [7, 11) is -4.28. The van der Waals surface area contributed by atoms with Gasteiger partial charge in [-0.1, -0.05) is 61.8 Å². The summed E-state index contributed by atoms with van der Waals surface area (Å²) in [5.74, 6) is -1.01. The lowest BCUT2D eigenvalue weighted by atomic mass is 10.1. The predicted octanol–water partition coefficient (Wildman–Crippen LogP) is 5.17. The molecule has 0 radical (unpaired) electrons. The lowest BCUT2D eigenvalue weighted by Gasteiger charge is -2.34. The molecule has 41 heavy (non-hydrogen) atoms. The van der Waals surface area contributed by atoms with Gasteiger partial charge in [0.25, 0.3) is 15.7 Å². The Hall–Kier alpha value is -3.96. The summed E-state index contributed by atoms with van der Waals surface area (Å²) in [4.78, 5) is 39.2. The monoisotopic (exact) mass is 600 g/mol. The number of hydrogen-bond acceptors (Lipinski definition) is 6. The van der Waals surface area contributed by atoms with Crippen molar-refractivity contribution >= 4 is 44.8 Å². The molecule has 3 aromatic rings. The fourth-order valence-corrected chi connectivity index (χ4v) is 5.79. The topological polar surface area (TPSA) is 130 Å². The average Bonchev–Trinajstić information content (AvgIpc) is 2.97. The van der Waals surface area contributed by atoms with E-state index < -0.39 is 33.4 Å². The summed E-state index contributed by atoms with van der Waals surface area (Å²) in [6, 6.07) is 18.3. The van der Waals surface area contributed by atoms with E-state index in [1.54, 1.807) is 49.4 Å². The number of amides is 2. The van der Waals surface area contributed by atoms with E-state index in [1.807, 2.05) is 13.8 Å². The molecule has 0 saturated carbocycles. The Morgan fingerprint density at radius 1 is 0.951 bits per heavy atom. The van der Waals surface area contributed by atoms with Crippen LogP contribution in [0.2, 0.25) is 5.02 Å². The van der Waals surface area contributed by atoms with Gasteiger partial charge in [-0.15, -0.1) is 0 Å². The normalized spacial score (nSPS) is 12.7. The molecule has 3 rings (SSSR count). The van der Waals surface area contributed by atoms with E-state index >= 15 is 0 Å². The maximum absolute atomic E-state index is 14.0. The number of nitrogens with zero attached hydrogens (tertiary/aromatic N) is 3. The summed E-state index contributed by atoms with van der Waals surface area (Å²) in [6.45, 7) is 4.85. The number of benzene rings is 3. The molecule has 2 unspecified atom stereocenters. The zero-order valence-corrected chi connectivity index (χ0v) is 24.6. The standard InChI is InChI=1S/C29H33ClN4O6S/c1-4-21(3)31-29(36)27(5-2)32(19-22-11-9-10-14-26(22)30)28(35)20-33(23-15-17-24(18-16-23)34(37)38)41(39,40)25-12-7-6-8-13-25/h6-18,21,27H,4-5,19-20H2,1-3H3,(H,31,36). The Kier molecular flexibility index (Phi) is 10.8. The zero-order chi connectivity index (χ0) is 30.2. The molecule has 2 amide bonds. The summed E-state index contributed by atoms with van der Waals surface area (Å²) >= 11 is 6.40. The lowest BCUT2D eigenvalue weighted by Crippen LogP contribution is -2.53. The third-order valence-corrected chi connectivity index (χ3v) is 8.80. The molecular formula is C29H33ClN4O6S. The van der Waals surface area contributed by atoms with Gasteiger partial charge in [0.1, 0.15) is 12.6 Å². The smallest absolute Gasteiger partial charge is 0.269 e. The molecule has 0 spiro atoms. The SMILES string of the molecule is CCC(C)NC(=O)C(CC)N(Cc1ccccc1Cl)C(=O)CN(c1ccc([N+](=O)[O-])cc1)S(=O)(=O)c1ccccc1. The molecule has 3 aromatic carbocycles. The molecule has 12 heteroatoms. The van der Waals surface area contributed by atoms with Crippen molar-refractivity contribution in [3.05, 3.63) is 99.6 Å². The van der Waals surface area contributed by atoms with Gasteiger partial charge in [0.2, 0.25) is 11.8 Å². The highest BCUT2D eigenvalue weighted by molar-refractivity contribution is 7.92. The highest BCUT2D eigenvalue weighted by Gasteiger charge is 2.34. The molecule has 2 atom stereocenters. The summed E-state index contributed by atoms with van der Waals surface area (Å²) in [5.41, 5.74) is 0.415. The largest absolute Gasteiger partial charge is 0.352 e. The van der Waals surface area contributed by atoms with Crippen LogP contribution in [0.4, 0.5) is 11.4 Å². The minimum atomic E-state index is -4.28. The third kappa shape index (κ3) is 7.83. The number of nitro benzene ring substituents is 1. The summed E-state index contributed by atoms with van der Waals surface area (Å²) < 4.78 is 28.5. The molecule has 0 aromatic heterocycles. The van der Waals surface area contributed by atoms with E-state index in [2.05, 4.69) is 5.32 Å². The van der Waals surface area contributed by atoms with Crippen LogP contribution in [0.1, 0.15) is 39.2 Å².